The number of hydrogen-bond donors (Lipinski definition) is 3. The first-order valence-corrected chi connectivity index (χ1v) is 10.9. The highest BCUT2D eigenvalue weighted by Crippen LogP contribution is 2.26. The normalized spacial score (nSPS) is 11.1. The minimum atomic E-state index is -3.93. The fourth-order valence-electron chi connectivity index (χ4n) is 2.49. The Morgan fingerprint density at radius 3 is 2.07 bits per heavy atom. The van der Waals surface area contributed by atoms with Gasteiger partial charge in [-0.05, 0) is 42.5 Å². The standard InChI is InChI=1S/C19H21BrN4O5S/c1-12(25)21-15-5-7-16(8-6-15)30(28,29)24(3)11-19(27)23-18-10-14(20)4-9-17(18)22-13(2)26/h4-10H,11H2,1-3H3,(H,21,25)(H,22,26)(H,23,27). The number of amides is 3. The van der Waals surface area contributed by atoms with E-state index in [9.17, 15) is 22.8 Å². The lowest BCUT2D eigenvalue weighted by Crippen LogP contribution is -2.35. The topological polar surface area (TPSA) is 125 Å². The third-order valence-corrected chi connectivity index (χ3v) is 6.13. The Morgan fingerprint density at radius 1 is 0.900 bits per heavy atom. The number of carbonyl (C=O) groups is 3. The summed E-state index contributed by atoms with van der Waals surface area (Å²) in [7, 11) is -2.64. The third kappa shape index (κ3) is 6.37. The number of anilines is 3. The SMILES string of the molecule is CC(=O)Nc1ccc(S(=O)(=O)N(C)CC(=O)Nc2cc(Br)ccc2NC(C)=O)cc1. The van der Waals surface area contributed by atoms with Gasteiger partial charge in [-0.1, -0.05) is 15.9 Å². The van der Waals surface area contributed by atoms with E-state index < -0.39 is 22.5 Å². The van der Waals surface area contributed by atoms with Gasteiger partial charge < -0.3 is 16.0 Å². The van der Waals surface area contributed by atoms with Crippen molar-refractivity contribution in [1.82, 2.24) is 4.31 Å². The molecule has 0 fully saturated rings. The van der Waals surface area contributed by atoms with Gasteiger partial charge >= 0.3 is 0 Å². The molecule has 0 aliphatic heterocycles. The summed E-state index contributed by atoms with van der Waals surface area (Å²) in [5.41, 5.74) is 1.18. The van der Waals surface area contributed by atoms with Crippen LogP contribution >= 0.6 is 15.9 Å². The second kappa shape index (κ2) is 9.83. The summed E-state index contributed by atoms with van der Waals surface area (Å²) in [5, 5.41) is 7.75. The van der Waals surface area contributed by atoms with Gasteiger partial charge in [0.2, 0.25) is 27.7 Å². The lowest BCUT2D eigenvalue weighted by Gasteiger charge is -2.18. The summed E-state index contributed by atoms with van der Waals surface area (Å²) in [6.07, 6.45) is 0. The number of sulfonamides is 1. The predicted octanol–water partition coefficient (Wildman–Crippen LogP) is 2.63. The number of halogens is 1. The lowest BCUT2D eigenvalue weighted by atomic mass is 10.2. The molecular formula is C19H21BrN4O5S. The van der Waals surface area contributed by atoms with Crippen LogP contribution in [0.25, 0.3) is 0 Å². The van der Waals surface area contributed by atoms with Crippen LogP contribution in [0.5, 0.6) is 0 Å². The van der Waals surface area contributed by atoms with E-state index in [0.29, 0.717) is 21.5 Å². The van der Waals surface area contributed by atoms with Gasteiger partial charge in [-0.2, -0.15) is 4.31 Å². The molecule has 0 saturated carbocycles. The molecule has 0 bridgehead atoms. The van der Waals surface area contributed by atoms with Crippen molar-refractivity contribution in [3.63, 3.8) is 0 Å². The monoisotopic (exact) mass is 496 g/mol. The second-order valence-corrected chi connectivity index (χ2v) is 9.35. The van der Waals surface area contributed by atoms with Crippen molar-refractivity contribution < 1.29 is 22.8 Å². The zero-order valence-electron chi connectivity index (χ0n) is 16.5. The molecule has 0 heterocycles. The first kappa shape index (κ1) is 23.5. The van der Waals surface area contributed by atoms with E-state index in [1.165, 1.54) is 45.2 Å². The van der Waals surface area contributed by atoms with E-state index in [-0.39, 0.29) is 16.7 Å². The molecule has 0 radical (unpaired) electrons. The van der Waals surface area contributed by atoms with Crippen LogP contribution in [0, 0.1) is 0 Å². The Hall–Kier alpha value is -2.76. The molecule has 2 aromatic carbocycles. The molecule has 0 unspecified atom stereocenters. The molecule has 160 valence electrons. The van der Waals surface area contributed by atoms with Gasteiger partial charge in [0.05, 0.1) is 22.8 Å². The highest BCUT2D eigenvalue weighted by atomic mass is 79.9. The van der Waals surface area contributed by atoms with Crippen molar-refractivity contribution in [3.8, 4) is 0 Å². The quantitative estimate of drug-likeness (QED) is 0.543. The highest BCUT2D eigenvalue weighted by Gasteiger charge is 2.23. The molecule has 0 aromatic heterocycles. The Morgan fingerprint density at radius 2 is 1.50 bits per heavy atom. The largest absolute Gasteiger partial charge is 0.326 e. The Bertz CT molecular complexity index is 1070. The number of hydrogen-bond acceptors (Lipinski definition) is 5. The number of carbonyl (C=O) groups excluding carboxylic acids is 3. The lowest BCUT2D eigenvalue weighted by molar-refractivity contribution is -0.116. The molecule has 0 saturated heterocycles. The number of nitrogens with one attached hydrogen (secondary N) is 3. The summed E-state index contributed by atoms with van der Waals surface area (Å²) in [6.45, 7) is 2.24. The zero-order chi connectivity index (χ0) is 22.5. The zero-order valence-corrected chi connectivity index (χ0v) is 18.9. The van der Waals surface area contributed by atoms with Gasteiger partial charge in [-0.25, -0.2) is 8.42 Å². The fraction of sp³-hybridized carbons (Fsp3) is 0.211. The summed E-state index contributed by atoms with van der Waals surface area (Å²) < 4.78 is 27.0. The Labute approximate surface area is 183 Å². The highest BCUT2D eigenvalue weighted by molar-refractivity contribution is 9.10. The van der Waals surface area contributed by atoms with Crippen molar-refractivity contribution in [3.05, 3.63) is 46.9 Å². The van der Waals surface area contributed by atoms with E-state index in [4.69, 9.17) is 0 Å². The molecule has 3 N–H and O–H groups in total. The maximum Gasteiger partial charge on any atom is 0.243 e. The van der Waals surface area contributed by atoms with Crippen LogP contribution in [0.3, 0.4) is 0 Å². The summed E-state index contributed by atoms with van der Waals surface area (Å²) >= 11 is 3.29. The minimum absolute atomic E-state index is 0.0201. The summed E-state index contributed by atoms with van der Waals surface area (Å²) in [6, 6.07) is 10.5. The second-order valence-electron chi connectivity index (χ2n) is 6.39. The average molecular weight is 497 g/mol. The van der Waals surface area contributed by atoms with Crippen LogP contribution in [0.15, 0.2) is 51.8 Å². The van der Waals surface area contributed by atoms with Crippen LogP contribution in [-0.4, -0.2) is 44.0 Å². The minimum Gasteiger partial charge on any atom is -0.326 e. The first-order valence-electron chi connectivity index (χ1n) is 8.70. The molecule has 11 heteroatoms. The van der Waals surface area contributed by atoms with Gasteiger partial charge in [0, 0.05) is 31.1 Å². The average Bonchev–Trinajstić information content (AvgIpc) is 2.63. The van der Waals surface area contributed by atoms with E-state index in [0.717, 1.165) is 4.31 Å². The van der Waals surface area contributed by atoms with Crippen LogP contribution < -0.4 is 16.0 Å². The maximum absolute atomic E-state index is 12.7. The van der Waals surface area contributed by atoms with Crippen LogP contribution in [0.2, 0.25) is 0 Å². The van der Waals surface area contributed by atoms with Crippen molar-refractivity contribution in [2.45, 2.75) is 18.7 Å². The van der Waals surface area contributed by atoms with Gasteiger partial charge in [-0.15, -0.1) is 0 Å². The molecule has 3 amide bonds. The summed E-state index contributed by atoms with van der Waals surface area (Å²) in [4.78, 5) is 34.8. The van der Waals surface area contributed by atoms with E-state index in [1.54, 1.807) is 18.2 Å². The molecule has 2 aromatic rings. The molecular weight excluding hydrogens is 476 g/mol. The molecule has 0 spiro atoms. The number of benzene rings is 2. The van der Waals surface area contributed by atoms with E-state index in [2.05, 4.69) is 31.9 Å². The Kier molecular flexibility index (Phi) is 7.71. The predicted molar refractivity (Wildman–Crippen MR) is 118 cm³/mol. The Balaban J connectivity index is 2.12. The molecule has 0 aliphatic rings. The number of rotatable bonds is 7. The van der Waals surface area contributed by atoms with Gasteiger partial charge in [0.25, 0.3) is 0 Å². The van der Waals surface area contributed by atoms with E-state index in [1.807, 2.05) is 0 Å². The van der Waals surface area contributed by atoms with Crippen molar-refractivity contribution in [2.24, 2.45) is 0 Å². The smallest absolute Gasteiger partial charge is 0.243 e. The number of likely N-dealkylation sites (N-methyl/N-ethyl adjacent to an activating group) is 1. The maximum atomic E-state index is 12.7. The van der Waals surface area contributed by atoms with Gasteiger partial charge in [0.1, 0.15) is 0 Å². The van der Waals surface area contributed by atoms with Crippen molar-refractivity contribution in [1.29, 1.82) is 0 Å². The number of nitrogens with zero attached hydrogens (tertiary/aromatic N) is 1. The molecule has 9 nitrogen and oxygen atoms in total. The van der Waals surface area contributed by atoms with E-state index >= 15 is 0 Å². The summed E-state index contributed by atoms with van der Waals surface area (Å²) in [5.74, 6) is -1.17. The molecule has 0 atom stereocenters. The van der Waals surface area contributed by atoms with Gasteiger partial charge in [-0.3, -0.25) is 14.4 Å². The molecule has 0 aliphatic carbocycles. The van der Waals surface area contributed by atoms with Crippen LogP contribution in [0.1, 0.15) is 13.8 Å². The van der Waals surface area contributed by atoms with Gasteiger partial charge in [0.15, 0.2) is 0 Å². The van der Waals surface area contributed by atoms with Crippen LogP contribution in [-0.2, 0) is 24.4 Å². The van der Waals surface area contributed by atoms with Crippen LogP contribution in [0.4, 0.5) is 17.1 Å². The molecule has 30 heavy (non-hydrogen) atoms. The fourth-order valence-corrected chi connectivity index (χ4v) is 3.98. The first-order chi connectivity index (χ1) is 14.0. The van der Waals surface area contributed by atoms with Crippen molar-refractivity contribution >= 4 is 60.7 Å². The molecule has 2 rings (SSSR count). The third-order valence-electron chi connectivity index (χ3n) is 3.82. The van der Waals surface area contributed by atoms with Crippen molar-refractivity contribution in [2.75, 3.05) is 29.5 Å².